The van der Waals surface area contributed by atoms with Crippen molar-refractivity contribution in [2.45, 2.75) is 104 Å². The molecule has 3 N–H and O–H groups in total. The first kappa shape index (κ1) is 35.7. The minimum Gasteiger partial charge on any atom is -0.493 e. The number of allylic oxidation sites excluding steroid dienone is 3. The van der Waals surface area contributed by atoms with Gasteiger partial charge in [-0.1, -0.05) is 58.4 Å². The van der Waals surface area contributed by atoms with Gasteiger partial charge < -0.3 is 20.5 Å². The number of fused-ring (bicyclic) bond motifs is 7. The molecule has 248 valence electrons. The van der Waals surface area contributed by atoms with E-state index in [1.165, 1.54) is 5.56 Å². The molecule has 1 aromatic rings. The molecule has 6 bridgehead atoms. The summed E-state index contributed by atoms with van der Waals surface area (Å²) in [6.45, 7) is 7.28. The SMILES string of the molecule is CC.CC/C=C1/C2=C\C=C(/C)C(=O)NC3CCOc4ccc(cc43)CCCCC3CC(=O)N(C(N)=N3)C1C(C)CO2.FC(F)F. The number of amides is 2. The van der Waals surface area contributed by atoms with Crippen LogP contribution in [0.4, 0.5) is 13.2 Å². The number of aliphatic imine (C=N–C) groups is 1. The van der Waals surface area contributed by atoms with Crippen LogP contribution >= 0.6 is 0 Å². The average molecular weight is 633 g/mol. The first-order valence-electron chi connectivity index (χ1n) is 15.9. The number of rotatable bonds is 1. The van der Waals surface area contributed by atoms with E-state index >= 15 is 0 Å². The zero-order valence-electron chi connectivity index (χ0n) is 27.0. The molecule has 11 heteroatoms. The minimum atomic E-state index is -3.67. The fourth-order valence-corrected chi connectivity index (χ4v) is 6.02. The van der Waals surface area contributed by atoms with Crippen molar-refractivity contribution in [3.05, 3.63) is 64.5 Å². The highest BCUT2D eigenvalue weighted by Gasteiger charge is 2.41. The van der Waals surface area contributed by atoms with Crippen LogP contribution in [-0.2, 0) is 20.7 Å². The van der Waals surface area contributed by atoms with Gasteiger partial charge in [-0.2, -0.15) is 13.2 Å². The Morgan fingerprint density at radius 1 is 1.13 bits per heavy atom. The van der Waals surface area contributed by atoms with Crippen molar-refractivity contribution in [1.29, 1.82) is 0 Å². The Labute approximate surface area is 264 Å². The molecular weight excluding hydrogens is 585 g/mol. The van der Waals surface area contributed by atoms with Crippen molar-refractivity contribution in [2.75, 3.05) is 13.2 Å². The highest BCUT2D eigenvalue weighted by molar-refractivity contribution is 5.99. The highest BCUT2D eigenvalue weighted by atomic mass is 19.4. The summed E-state index contributed by atoms with van der Waals surface area (Å²) >= 11 is 0. The lowest BCUT2D eigenvalue weighted by atomic mass is 9.87. The molecule has 0 spiro atoms. The number of carbonyl (C=O) groups is 2. The topological polar surface area (TPSA) is 106 Å². The van der Waals surface area contributed by atoms with Crippen LogP contribution in [0.3, 0.4) is 0 Å². The molecule has 0 radical (unpaired) electrons. The van der Waals surface area contributed by atoms with Crippen molar-refractivity contribution >= 4 is 17.8 Å². The second kappa shape index (κ2) is 17.1. The third-order valence-electron chi connectivity index (χ3n) is 8.10. The van der Waals surface area contributed by atoms with Crippen LogP contribution in [-0.4, -0.2) is 54.7 Å². The normalized spacial score (nSPS) is 28.3. The number of ether oxygens (including phenoxy) is 2. The van der Waals surface area contributed by atoms with Gasteiger partial charge in [0.05, 0.1) is 31.3 Å². The van der Waals surface area contributed by atoms with E-state index in [2.05, 4.69) is 37.4 Å². The molecule has 1 fully saturated rings. The first-order chi connectivity index (χ1) is 21.6. The molecule has 1 saturated heterocycles. The van der Waals surface area contributed by atoms with E-state index in [-0.39, 0.29) is 41.8 Å². The third kappa shape index (κ3) is 9.37. The lowest BCUT2D eigenvalue weighted by Crippen LogP contribution is -2.56. The predicted molar refractivity (Wildman–Crippen MR) is 169 cm³/mol. The minimum absolute atomic E-state index is 0.00818. The molecule has 4 atom stereocenters. The van der Waals surface area contributed by atoms with Gasteiger partial charge in [0, 0.05) is 35.5 Å². The molecule has 0 aromatic heterocycles. The molecule has 5 heterocycles. The van der Waals surface area contributed by atoms with E-state index in [1.54, 1.807) is 17.9 Å². The van der Waals surface area contributed by atoms with Crippen LogP contribution in [0.5, 0.6) is 5.75 Å². The van der Waals surface area contributed by atoms with Crippen LogP contribution in [0.15, 0.2) is 58.3 Å². The number of guanidine groups is 1. The van der Waals surface area contributed by atoms with Gasteiger partial charge in [-0.15, -0.1) is 0 Å². The summed E-state index contributed by atoms with van der Waals surface area (Å²) in [7, 11) is 0. The van der Waals surface area contributed by atoms with Crippen molar-refractivity contribution in [3.63, 3.8) is 0 Å². The summed E-state index contributed by atoms with van der Waals surface area (Å²) in [5.74, 6) is 1.70. The summed E-state index contributed by atoms with van der Waals surface area (Å²) < 4.78 is 41.0. The van der Waals surface area contributed by atoms with E-state index in [0.717, 1.165) is 55.4 Å². The van der Waals surface area contributed by atoms with Crippen LogP contribution < -0.4 is 15.8 Å². The molecule has 6 rings (SSSR count). The zero-order valence-corrected chi connectivity index (χ0v) is 27.0. The van der Waals surface area contributed by atoms with Crippen molar-refractivity contribution in [1.82, 2.24) is 10.2 Å². The van der Waals surface area contributed by atoms with Crippen LogP contribution in [0, 0.1) is 5.92 Å². The summed E-state index contributed by atoms with van der Waals surface area (Å²) in [5.41, 5.74) is 10.2. The van der Waals surface area contributed by atoms with E-state index in [1.807, 2.05) is 26.0 Å². The smallest absolute Gasteiger partial charge is 0.379 e. The van der Waals surface area contributed by atoms with E-state index in [0.29, 0.717) is 31.0 Å². The number of hydrogen-bond donors (Lipinski definition) is 2. The third-order valence-corrected chi connectivity index (χ3v) is 8.10. The Hall–Kier alpha value is -3.76. The Balaban J connectivity index is 0.000000853. The van der Waals surface area contributed by atoms with Gasteiger partial charge in [-0.25, -0.2) is 4.99 Å². The number of hydrogen-bond acceptors (Lipinski definition) is 6. The standard InChI is InChI=1S/C31H40N4O4.C2H6.CHF3/c1-4-7-23-26-12-10-19(2)30(37)34-25-14-15-38-27-13-11-21(16-24(25)27)8-5-6-9-22-17-28(36)35(31(32)33-22)29(23)20(3)18-39-26;1-2;2-1(3)4/h7,10-13,16,20,22,25,29H,4-6,8-9,14-15,17-18H2,1-3H3,(H2,32,33)(H,34,37);1-2H3;1H/b19-10+,23-7-,26-12+;;. The highest BCUT2D eigenvalue weighted by Crippen LogP contribution is 2.36. The molecule has 5 aliphatic heterocycles. The fraction of sp³-hybridized carbons (Fsp3) is 0.559. The number of nitrogens with two attached hydrogens (primary N) is 1. The quantitative estimate of drug-likeness (QED) is 0.360. The summed E-state index contributed by atoms with van der Waals surface area (Å²) in [5, 5.41) is 3.22. The van der Waals surface area contributed by atoms with Gasteiger partial charge in [-0.3, -0.25) is 14.5 Å². The monoisotopic (exact) mass is 632 g/mol. The molecular formula is C34H47F3N4O4. The first-order valence-corrected chi connectivity index (χ1v) is 15.9. The van der Waals surface area contributed by atoms with Gasteiger partial charge in [-0.05, 0) is 50.3 Å². The Kier molecular flexibility index (Phi) is 13.6. The predicted octanol–water partition coefficient (Wildman–Crippen LogP) is 6.67. The second-order valence-corrected chi connectivity index (χ2v) is 11.3. The van der Waals surface area contributed by atoms with Gasteiger partial charge in [0.15, 0.2) is 5.96 Å². The molecule has 8 nitrogen and oxygen atoms in total. The van der Waals surface area contributed by atoms with Crippen LogP contribution in [0.25, 0.3) is 0 Å². The molecule has 0 saturated carbocycles. The maximum absolute atomic E-state index is 13.5. The van der Waals surface area contributed by atoms with Gasteiger partial charge in [0.2, 0.25) is 11.8 Å². The molecule has 2 amide bonds. The maximum atomic E-state index is 13.5. The van der Waals surface area contributed by atoms with E-state index in [9.17, 15) is 22.8 Å². The van der Waals surface area contributed by atoms with Crippen LogP contribution in [0.1, 0.15) is 90.3 Å². The summed E-state index contributed by atoms with van der Waals surface area (Å²) in [4.78, 5) is 33.1. The number of nitrogens with one attached hydrogen (secondary N) is 1. The van der Waals surface area contributed by atoms with Crippen molar-refractivity contribution in [3.8, 4) is 5.75 Å². The van der Waals surface area contributed by atoms with Crippen LogP contribution in [0.2, 0.25) is 0 Å². The number of aryl methyl sites for hydroxylation is 1. The second-order valence-electron chi connectivity index (χ2n) is 11.3. The largest absolute Gasteiger partial charge is 0.493 e. The number of carbonyl (C=O) groups excluding carboxylic acids is 2. The molecule has 4 unspecified atom stereocenters. The number of benzene rings is 1. The molecule has 5 aliphatic rings. The maximum Gasteiger partial charge on any atom is 0.379 e. The number of halogens is 3. The number of alkyl halides is 3. The van der Waals surface area contributed by atoms with Crippen molar-refractivity contribution in [2.24, 2.45) is 16.6 Å². The fourth-order valence-electron chi connectivity index (χ4n) is 6.02. The lowest BCUT2D eigenvalue weighted by molar-refractivity contribution is -0.131. The van der Waals surface area contributed by atoms with E-state index in [4.69, 9.17) is 20.2 Å². The lowest BCUT2D eigenvalue weighted by Gasteiger charge is -2.42. The number of nitrogens with zero attached hydrogens (tertiary/aromatic N) is 2. The Morgan fingerprint density at radius 2 is 1.87 bits per heavy atom. The summed E-state index contributed by atoms with van der Waals surface area (Å²) in [6.07, 6.45) is 11.3. The molecule has 1 aromatic carbocycles. The zero-order chi connectivity index (χ0) is 33.1. The Bertz CT molecular complexity index is 1310. The summed E-state index contributed by atoms with van der Waals surface area (Å²) in [6, 6.07) is 5.83. The molecule has 0 aliphatic carbocycles. The van der Waals surface area contributed by atoms with Gasteiger partial charge in [0.25, 0.3) is 0 Å². The molecule has 45 heavy (non-hydrogen) atoms. The average Bonchev–Trinajstić information content (AvgIpc) is 3.00. The van der Waals surface area contributed by atoms with Gasteiger partial charge >= 0.3 is 6.68 Å². The van der Waals surface area contributed by atoms with E-state index < -0.39 is 6.68 Å². The van der Waals surface area contributed by atoms with Crippen molar-refractivity contribution < 1.29 is 32.2 Å². The van der Waals surface area contributed by atoms with Gasteiger partial charge in [0.1, 0.15) is 11.5 Å². The Morgan fingerprint density at radius 3 is 2.56 bits per heavy atom.